The minimum absolute atomic E-state index is 0.447. The zero-order chi connectivity index (χ0) is 22.1. The first-order valence-electron chi connectivity index (χ1n) is 10.2. The third-order valence-corrected chi connectivity index (χ3v) is 5.47. The van der Waals surface area contributed by atoms with Gasteiger partial charge in [-0.05, 0) is 35.9 Å². The van der Waals surface area contributed by atoms with E-state index in [4.69, 9.17) is 4.42 Å². The second-order valence-electron chi connectivity index (χ2n) is 7.73. The second kappa shape index (κ2) is 8.20. The third-order valence-electron chi connectivity index (χ3n) is 5.47. The summed E-state index contributed by atoms with van der Waals surface area (Å²) in [7, 11) is 0. The van der Waals surface area contributed by atoms with Gasteiger partial charge < -0.3 is 4.42 Å². The molecule has 162 valence electrons. The summed E-state index contributed by atoms with van der Waals surface area (Å²) in [6.45, 7) is 2.26. The molecule has 3 aromatic heterocycles. The van der Waals surface area contributed by atoms with E-state index in [0.29, 0.717) is 29.4 Å². The van der Waals surface area contributed by atoms with Crippen LogP contribution in [0.15, 0.2) is 71.6 Å². The van der Waals surface area contributed by atoms with Crippen molar-refractivity contribution in [3.8, 4) is 22.8 Å². The first-order valence-corrected chi connectivity index (χ1v) is 10.2. The van der Waals surface area contributed by atoms with Gasteiger partial charge in [-0.2, -0.15) is 13.2 Å². The van der Waals surface area contributed by atoms with Gasteiger partial charge in [0.1, 0.15) is 0 Å². The van der Waals surface area contributed by atoms with Crippen molar-refractivity contribution in [2.24, 2.45) is 0 Å². The lowest BCUT2D eigenvalue weighted by atomic mass is 10.1. The van der Waals surface area contributed by atoms with Crippen LogP contribution in [0.3, 0.4) is 0 Å². The molecule has 0 atom stereocenters. The van der Waals surface area contributed by atoms with Crippen molar-refractivity contribution in [2.75, 3.05) is 6.54 Å². The molecule has 1 aromatic carbocycles. The maximum atomic E-state index is 13.0. The molecule has 1 aliphatic rings. The van der Waals surface area contributed by atoms with Crippen molar-refractivity contribution in [3.05, 3.63) is 89.6 Å². The van der Waals surface area contributed by atoms with Crippen molar-refractivity contribution in [1.29, 1.82) is 0 Å². The van der Waals surface area contributed by atoms with Crippen LogP contribution in [0.4, 0.5) is 13.2 Å². The summed E-state index contributed by atoms with van der Waals surface area (Å²) >= 11 is 0. The highest BCUT2D eigenvalue weighted by atomic mass is 19.4. The average molecular weight is 436 g/mol. The van der Waals surface area contributed by atoms with Crippen molar-refractivity contribution >= 4 is 0 Å². The van der Waals surface area contributed by atoms with Gasteiger partial charge in [0.2, 0.25) is 0 Å². The highest BCUT2D eigenvalue weighted by Crippen LogP contribution is 2.31. The Balaban J connectivity index is 1.27. The van der Waals surface area contributed by atoms with Gasteiger partial charge >= 0.3 is 6.18 Å². The van der Waals surface area contributed by atoms with Crippen LogP contribution >= 0.6 is 0 Å². The number of furan rings is 1. The lowest BCUT2D eigenvalue weighted by Crippen LogP contribution is -2.31. The van der Waals surface area contributed by atoms with E-state index in [9.17, 15) is 13.2 Å². The number of alkyl halides is 3. The summed E-state index contributed by atoms with van der Waals surface area (Å²) in [6, 6.07) is 12.6. The Labute approximate surface area is 182 Å². The Hall–Kier alpha value is -3.52. The van der Waals surface area contributed by atoms with E-state index in [1.165, 1.54) is 6.07 Å². The fourth-order valence-electron chi connectivity index (χ4n) is 3.84. The summed E-state index contributed by atoms with van der Waals surface area (Å²) in [5.74, 6) is 1.25. The summed E-state index contributed by atoms with van der Waals surface area (Å²) in [5.41, 5.74) is 3.40. The summed E-state index contributed by atoms with van der Waals surface area (Å²) in [6.07, 6.45) is 1.61. The van der Waals surface area contributed by atoms with E-state index in [0.717, 1.165) is 48.5 Å². The molecule has 0 aliphatic carbocycles. The van der Waals surface area contributed by atoms with Crippen molar-refractivity contribution < 1.29 is 17.6 Å². The largest absolute Gasteiger partial charge is 0.461 e. The lowest BCUT2D eigenvalue weighted by Gasteiger charge is -2.27. The molecule has 0 spiro atoms. The molecule has 0 unspecified atom stereocenters. The fourth-order valence-corrected chi connectivity index (χ4v) is 3.84. The van der Waals surface area contributed by atoms with Crippen LogP contribution in [0.5, 0.6) is 0 Å². The summed E-state index contributed by atoms with van der Waals surface area (Å²) in [5, 5.41) is 0. The van der Waals surface area contributed by atoms with Gasteiger partial charge in [0.25, 0.3) is 0 Å². The Morgan fingerprint density at radius 3 is 2.66 bits per heavy atom. The van der Waals surface area contributed by atoms with Gasteiger partial charge in [-0.25, -0.2) is 9.97 Å². The first kappa shape index (κ1) is 20.4. The quantitative estimate of drug-likeness (QED) is 0.430. The van der Waals surface area contributed by atoms with E-state index < -0.39 is 11.7 Å². The number of halogens is 3. The van der Waals surface area contributed by atoms with Crippen LogP contribution in [-0.4, -0.2) is 26.4 Å². The minimum Gasteiger partial charge on any atom is -0.461 e. The second-order valence-corrected chi connectivity index (χ2v) is 7.73. The number of rotatable bonds is 4. The summed E-state index contributed by atoms with van der Waals surface area (Å²) < 4.78 is 44.3. The normalized spacial score (nSPS) is 14.3. The highest BCUT2D eigenvalue weighted by molar-refractivity contribution is 5.60. The lowest BCUT2D eigenvalue weighted by molar-refractivity contribution is -0.137. The number of fused-ring (bicyclic) bond motifs is 1. The minimum atomic E-state index is -4.37. The monoisotopic (exact) mass is 436 g/mol. The van der Waals surface area contributed by atoms with Gasteiger partial charge in [-0.15, -0.1) is 0 Å². The van der Waals surface area contributed by atoms with Crippen molar-refractivity contribution in [1.82, 2.24) is 19.9 Å². The maximum Gasteiger partial charge on any atom is 0.416 e. The standard InChI is InChI=1S/C24H19F3N4O/c25-24(26,27)19-4-1-3-17(11-19)20-7-6-16(12-28-20)14-31-9-8-21-18(15-31)13-29-23(30-21)22-5-2-10-32-22/h1-7,10-13H,8-9,14-15H2. The molecule has 0 bridgehead atoms. The van der Waals surface area contributed by atoms with Gasteiger partial charge in [-0.3, -0.25) is 9.88 Å². The molecular formula is C24H19F3N4O. The van der Waals surface area contributed by atoms with Crippen LogP contribution in [0, 0.1) is 0 Å². The number of pyridine rings is 1. The molecule has 5 rings (SSSR count). The predicted molar refractivity (Wildman–Crippen MR) is 112 cm³/mol. The van der Waals surface area contributed by atoms with E-state index in [1.807, 2.05) is 24.4 Å². The van der Waals surface area contributed by atoms with Gasteiger partial charge in [-0.1, -0.05) is 18.2 Å². The third kappa shape index (κ3) is 4.27. The molecule has 0 N–H and O–H groups in total. The zero-order valence-corrected chi connectivity index (χ0v) is 17.0. The number of aromatic nitrogens is 3. The fraction of sp³-hybridized carbons (Fsp3) is 0.208. The highest BCUT2D eigenvalue weighted by Gasteiger charge is 2.30. The van der Waals surface area contributed by atoms with E-state index in [2.05, 4.69) is 19.9 Å². The van der Waals surface area contributed by atoms with Gasteiger partial charge in [0.15, 0.2) is 11.6 Å². The zero-order valence-electron chi connectivity index (χ0n) is 17.0. The van der Waals surface area contributed by atoms with Gasteiger partial charge in [0, 0.05) is 49.6 Å². The molecule has 32 heavy (non-hydrogen) atoms. The number of nitrogens with zero attached hydrogens (tertiary/aromatic N) is 4. The molecule has 0 fully saturated rings. The maximum absolute atomic E-state index is 13.0. The number of hydrogen-bond donors (Lipinski definition) is 0. The molecule has 0 amide bonds. The topological polar surface area (TPSA) is 55.1 Å². The van der Waals surface area contributed by atoms with E-state index >= 15 is 0 Å². The SMILES string of the molecule is FC(F)(F)c1cccc(-c2ccc(CN3CCc4nc(-c5ccco5)ncc4C3)cn2)c1. The molecule has 0 radical (unpaired) electrons. The molecule has 0 saturated heterocycles. The molecular weight excluding hydrogens is 417 g/mol. The predicted octanol–water partition coefficient (Wildman–Crippen LogP) is 5.38. The average Bonchev–Trinajstić information content (AvgIpc) is 3.34. The van der Waals surface area contributed by atoms with Crippen LogP contribution < -0.4 is 0 Å². The number of benzene rings is 1. The van der Waals surface area contributed by atoms with E-state index in [-0.39, 0.29) is 0 Å². The van der Waals surface area contributed by atoms with Crippen molar-refractivity contribution in [3.63, 3.8) is 0 Å². The van der Waals surface area contributed by atoms with Crippen LogP contribution in [0.1, 0.15) is 22.4 Å². The molecule has 0 saturated carbocycles. The molecule has 4 heterocycles. The van der Waals surface area contributed by atoms with E-state index in [1.54, 1.807) is 24.6 Å². The number of hydrogen-bond acceptors (Lipinski definition) is 5. The Kier molecular flexibility index (Phi) is 5.22. The molecule has 4 aromatic rings. The Morgan fingerprint density at radius 2 is 1.91 bits per heavy atom. The first-order chi connectivity index (χ1) is 15.5. The summed E-state index contributed by atoms with van der Waals surface area (Å²) in [4.78, 5) is 15.7. The van der Waals surface area contributed by atoms with Crippen LogP contribution in [0.25, 0.3) is 22.8 Å². The Bertz CT molecular complexity index is 1220. The van der Waals surface area contributed by atoms with Crippen LogP contribution in [0.2, 0.25) is 0 Å². The molecule has 8 heteroatoms. The van der Waals surface area contributed by atoms with Gasteiger partial charge in [0.05, 0.1) is 23.2 Å². The smallest absolute Gasteiger partial charge is 0.416 e. The van der Waals surface area contributed by atoms with Crippen LogP contribution in [-0.2, 0) is 25.7 Å². The molecule has 1 aliphatic heterocycles. The molecule has 5 nitrogen and oxygen atoms in total. The Morgan fingerprint density at radius 1 is 1.00 bits per heavy atom. The van der Waals surface area contributed by atoms with Crippen molar-refractivity contribution in [2.45, 2.75) is 25.7 Å².